The van der Waals surface area contributed by atoms with Gasteiger partial charge in [-0.1, -0.05) is 36.4 Å². The lowest BCUT2D eigenvalue weighted by molar-refractivity contribution is 0.696. The van der Waals surface area contributed by atoms with E-state index in [4.69, 9.17) is 9.98 Å². The van der Waals surface area contributed by atoms with Gasteiger partial charge in [0.2, 0.25) is 0 Å². The number of aliphatic imine (C=N–C) groups is 2. The molecular weight excluding hydrogens is 416 g/mol. The minimum atomic E-state index is 0.919. The van der Waals surface area contributed by atoms with Crippen LogP contribution in [0.25, 0.3) is 0 Å². The predicted molar refractivity (Wildman–Crippen MR) is 145 cm³/mol. The molecule has 0 aliphatic carbocycles. The molecule has 0 aromatic heterocycles. The van der Waals surface area contributed by atoms with Crippen LogP contribution >= 0.6 is 23.5 Å². The van der Waals surface area contributed by atoms with Crippen molar-refractivity contribution in [1.82, 2.24) is 0 Å². The largest absolute Gasteiger partial charge is 0.283 e. The van der Waals surface area contributed by atoms with Gasteiger partial charge in [-0.3, -0.25) is 9.98 Å². The van der Waals surface area contributed by atoms with Crippen molar-refractivity contribution in [3.05, 3.63) is 69.8 Å². The van der Waals surface area contributed by atoms with Crippen LogP contribution in [0, 0.1) is 27.7 Å². The minimum absolute atomic E-state index is 0.919. The maximum absolute atomic E-state index is 4.88. The van der Waals surface area contributed by atoms with Crippen molar-refractivity contribution < 1.29 is 0 Å². The Labute approximate surface area is 198 Å². The zero-order chi connectivity index (χ0) is 22.6. The minimum Gasteiger partial charge on any atom is -0.283 e. The molecule has 168 valence electrons. The van der Waals surface area contributed by atoms with E-state index in [2.05, 4.69) is 76.6 Å². The topological polar surface area (TPSA) is 24.7 Å². The summed E-state index contributed by atoms with van der Waals surface area (Å²) >= 11 is 3.57. The smallest absolute Gasteiger partial charge is 0.0717 e. The van der Waals surface area contributed by atoms with Crippen molar-refractivity contribution in [3.8, 4) is 0 Å². The first-order chi connectivity index (χ1) is 15.0. The number of rotatable bonds is 10. The van der Waals surface area contributed by atoms with Gasteiger partial charge in [-0.25, -0.2) is 0 Å². The lowest BCUT2D eigenvalue weighted by atomic mass is 10.0. The highest BCUT2D eigenvalue weighted by molar-refractivity contribution is 8.13. The van der Waals surface area contributed by atoms with Gasteiger partial charge in [-0.15, -0.1) is 23.5 Å². The van der Waals surface area contributed by atoms with Gasteiger partial charge in [-0.2, -0.15) is 0 Å². The van der Waals surface area contributed by atoms with Crippen molar-refractivity contribution in [2.75, 3.05) is 25.6 Å². The Morgan fingerprint density at radius 3 is 1.29 bits per heavy atom. The normalized spacial score (nSPS) is 12.5. The molecule has 0 atom stereocenters. The Morgan fingerprint density at radius 2 is 0.968 bits per heavy atom. The molecule has 2 nitrogen and oxygen atoms in total. The van der Waals surface area contributed by atoms with Crippen molar-refractivity contribution in [3.63, 3.8) is 0 Å². The molecule has 0 saturated carbocycles. The lowest BCUT2D eigenvalue weighted by Crippen LogP contribution is -2.04. The van der Waals surface area contributed by atoms with E-state index in [1.165, 1.54) is 49.9 Å². The molecule has 0 N–H and O–H groups in total. The summed E-state index contributed by atoms with van der Waals surface area (Å²) in [6.07, 6.45) is 9.65. The molecule has 0 radical (unpaired) electrons. The van der Waals surface area contributed by atoms with Crippen LogP contribution < -0.4 is 0 Å². The van der Waals surface area contributed by atoms with Crippen LogP contribution in [0.3, 0.4) is 0 Å². The Bertz CT molecular complexity index is 786. The molecule has 2 rings (SSSR count). The molecule has 0 heterocycles. The van der Waals surface area contributed by atoms with E-state index in [1.807, 2.05) is 0 Å². The van der Waals surface area contributed by atoms with Crippen LogP contribution in [0.4, 0.5) is 0 Å². The number of thioether (sulfide) groups is 2. The molecule has 0 aliphatic rings. The molecule has 2 aromatic carbocycles. The summed E-state index contributed by atoms with van der Waals surface area (Å²) in [6.45, 7) is 10.6. The van der Waals surface area contributed by atoms with Crippen molar-refractivity contribution in [2.45, 2.75) is 59.8 Å². The third kappa shape index (κ3) is 8.50. The molecule has 0 saturated heterocycles. The lowest BCUT2D eigenvalue weighted by Gasteiger charge is -2.11. The van der Waals surface area contributed by atoms with Gasteiger partial charge in [0.05, 0.1) is 10.1 Å². The number of benzene rings is 2. The molecular formula is C27H38N2S2. The number of aryl methyl sites for hydroxylation is 4. The molecule has 0 unspecified atom stereocenters. The average molecular weight is 455 g/mol. The fourth-order valence-electron chi connectivity index (χ4n) is 3.75. The zero-order valence-corrected chi connectivity index (χ0v) is 21.8. The van der Waals surface area contributed by atoms with Crippen LogP contribution in [0.2, 0.25) is 0 Å². The van der Waals surface area contributed by atoms with Gasteiger partial charge in [-0.05, 0) is 92.8 Å². The summed E-state index contributed by atoms with van der Waals surface area (Å²) in [6, 6.07) is 13.1. The molecule has 0 bridgehead atoms. The van der Waals surface area contributed by atoms with E-state index in [-0.39, 0.29) is 0 Å². The number of nitrogens with zero attached hydrogens (tertiary/aromatic N) is 2. The Kier molecular flexibility index (Phi) is 11.5. The maximum Gasteiger partial charge on any atom is 0.0717 e. The van der Waals surface area contributed by atoms with Crippen LogP contribution in [0.5, 0.6) is 0 Å². The first-order valence-electron chi connectivity index (χ1n) is 11.2. The first-order valence-corrected chi connectivity index (χ1v) is 13.7. The van der Waals surface area contributed by atoms with Gasteiger partial charge in [0.25, 0.3) is 0 Å². The molecule has 4 heteroatoms. The second-order valence-electron chi connectivity index (χ2n) is 8.11. The summed E-state index contributed by atoms with van der Waals surface area (Å²) < 4.78 is 0. The first kappa shape index (κ1) is 25.7. The van der Waals surface area contributed by atoms with Gasteiger partial charge >= 0.3 is 0 Å². The van der Waals surface area contributed by atoms with E-state index < -0.39 is 0 Å². The van der Waals surface area contributed by atoms with Crippen molar-refractivity contribution in [2.24, 2.45) is 9.98 Å². The van der Waals surface area contributed by atoms with E-state index >= 15 is 0 Å². The summed E-state index contributed by atoms with van der Waals surface area (Å²) in [5.41, 5.74) is 8.32. The zero-order valence-electron chi connectivity index (χ0n) is 20.1. The molecule has 0 spiro atoms. The molecule has 31 heavy (non-hydrogen) atoms. The summed E-state index contributed by atoms with van der Waals surface area (Å²) in [5, 5.41) is 2.49. The third-order valence-electron chi connectivity index (χ3n) is 5.81. The van der Waals surface area contributed by atoms with Crippen LogP contribution in [-0.4, -0.2) is 35.7 Å². The number of hydrogen-bond acceptors (Lipinski definition) is 4. The van der Waals surface area contributed by atoms with Gasteiger partial charge in [0.1, 0.15) is 0 Å². The highest BCUT2D eigenvalue weighted by Crippen LogP contribution is 2.19. The monoisotopic (exact) mass is 454 g/mol. The quantitative estimate of drug-likeness (QED) is 0.212. The Morgan fingerprint density at radius 1 is 0.613 bits per heavy atom. The SMILES string of the molecule is CSC(Cc1c(C)cccc1C)=NCCCCCN=C(Cc1c(C)cccc1C)SC. The molecule has 0 aliphatic heterocycles. The van der Waals surface area contributed by atoms with Gasteiger partial charge in [0, 0.05) is 25.9 Å². The average Bonchev–Trinajstić information content (AvgIpc) is 2.75. The van der Waals surface area contributed by atoms with Crippen molar-refractivity contribution >= 4 is 33.6 Å². The standard InChI is InChI=1S/C27H38N2S2/c1-20-12-10-13-21(2)24(20)18-26(30-5)28-16-8-7-9-17-29-27(31-6)19-25-22(3)14-11-15-23(25)4/h10-15H,7-9,16-19H2,1-6H3. The second-order valence-corrected chi connectivity index (χ2v) is 9.87. The molecule has 0 fully saturated rings. The Hall–Kier alpha value is -1.52. The fraction of sp³-hybridized carbons (Fsp3) is 0.481. The molecule has 0 amide bonds. The molecule has 2 aromatic rings. The Balaban J connectivity index is 1.77. The summed E-state index contributed by atoms with van der Waals surface area (Å²) in [7, 11) is 0. The van der Waals surface area contributed by atoms with Crippen LogP contribution in [-0.2, 0) is 12.8 Å². The predicted octanol–water partition coefficient (Wildman–Crippen LogP) is 7.40. The number of hydrogen-bond donors (Lipinski definition) is 0. The second kappa shape index (κ2) is 13.8. The highest BCUT2D eigenvalue weighted by Gasteiger charge is 2.07. The maximum atomic E-state index is 4.88. The van der Waals surface area contributed by atoms with E-state index in [1.54, 1.807) is 23.5 Å². The summed E-state index contributed by atoms with van der Waals surface area (Å²) in [5.74, 6) is 0. The summed E-state index contributed by atoms with van der Waals surface area (Å²) in [4.78, 5) is 9.77. The third-order valence-corrected chi connectivity index (χ3v) is 7.30. The van der Waals surface area contributed by atoms with E-state index in [9.17, 15) is 0 Å². The fourth-order valence-corrected chi connectivity index (χ4v) is 4.77. The van der Waals surface area contributed by atoms with Crippen LogP contribution in [0.1, 0.15) is 52.6 Å². The van der Waals surface area contributed by atoms with E-state index in [0.717, 1.165) is 38.8 Å². The highest BCUT2D eigenvalue weighted by atomic mass is 32.2. The van der Waals surface area contributed by atoms with Gasteiger partial charge < -0.3 is 0 Å². The number of unbranched alkanes of at least 4 members (excludes halogenated alkanes) is 2. The van der Waals surface area contributed by atoms with Gasteiger partial charge in [0.15, 0.2) is 0 Å². The van der Waals surface area contributed by atoms with E-state index in [0.29, 0.717) is 0 Å². The van der Waals surface area contributed by atoms with Crippen molar-refractivity contribution in [1.29, 1.82) is 0 Å². The van der Waals surface area contributed by atoms with Crippen LogP contribution in [0.15, 0.2) is 46.4 Å².